The van der Waals surface area contributed by atoms with Gasteiger partial charge >= 0.3 is 0 Å². The second-order valence-corrected chi connectivity index (χ2v) is 3.69. The molecule has 60 valence electrons. The summed E-state index contributed by atoms with van der Waals surface area (Å²) in [5.41, 5.74) is 5.57. The van der Waals surface area contributed by atoms with Crippen LogP contribution in [0.2, 0.25) is 0 Å². The van der Waals surface area contributed by atoms with E-state index in [0.717, 1.165) is 18.5 Å². The summed E-state index contributed by atoms with van der Waals surface area (Å²) in [6.07, 6.45) is 5.25. The van der Waals surface area contributed by atoms with Crippen LogP contribution < -0.4 is 9.26 Å². The van der Waals surface area contributed by atoms with Gasteiger partial charge in [-0.25, -0.2) is 0 Å². The maximum absolute atomic E-state index is 5.57. The lowest BCUT2D eigenvalue weighted by Gasteiger charge is -2.26. The first-order chi connectivity index (χ1) is 4.86. The van der Waals surface area contributed by atoms with Crippen molar-refractivity contribution in [2.75, 3.05) is 6.54 Å². The monoisotopic (exact) mass is 254 g/mol. The summed E-state index contributed by atoms with van der Waals surface area (Å²) < 4.78 is 3.28. The first kappa shape index (κ1) is 8.74. The molecule has 1 saturated carbocycles. The molecule has 0 atom stereocenters. The zero-order valence-corrected chi connectivity index (χ0v) is 8.30. The maximum atomic E-state index is 5.57. The first-order valence-corrected chi connectivity index (χ1v) is 5.01. The number of hydrogen-bond donors (Lipinski definition) is 2. The van der Waals surface area contributed by atoms with Gasteiger partial charge in [0.1, 0.15) is 0 Å². The zero-order chi connectivity index (χ0) is 7.40. The molecule has 0 radical (unpaired) electrons. The van der Waals surface area contributed by atoms with Crippen LogP contribution in [-0.2, 0) is 0 Å². The normalized spacial score (nSPS) is 34.2. The van der Waals surface area contributed by atoms with Crippen molar-refractivity contribution in [2.45, 2.75) is 31.7 Å². The molecular weight excluding hydrogens is 239 g/mol. The van der Waals surface area contributed by atoms with Crippen molar-refractivity contribution < 1.29 is 0 Å². The molecule has 3 heteroatoms. The van der Waals surface area contributed by atoms with Gasteiger partial charge in [0.25, 0.3) is 0 Å². The molecule has 1 rings (SSSR count). The van der Waals surface area contributed by atoms with Crippen molar-refractivity contribution in [3.05, 3.63) is 0 Å². The fraction of sp³-hybridized carbons (Fsp3) is 1.00. The molecule has 0 heterocycles. The second-order valence-electron chi connectivity index (χ2n) is 3.06. The Hall–Kier alpha value is 0.650. The van der Waals surface area contributed by atoms with Gasteiger partial charge in [-0.1, -0.05) is 0 Å². The summed E-state index contributed by atoms with van der Waals surface area (Å²) in [6, 6.07) is 0.753. The average Bonchev–Trinajstić information content (AvgIpc) is 2.05. The Morgan fingerprint density at radius 3 is 2.30 bits per heavy atom. The van der Waals surface area contributed by atoms with Gasteiger partial charge in [-0.2, -0.15) is 0 Å². The summed E-state index contributed by atoms with van der Waals surface area (Å²) in [5.74, 6) is 0.806. The lowest BCUT2D eigenvalue weighted by atomic mass is 9.87. The highest BCUT2D eigenvalue weighted by Crippen LogP contribution is 2.23. The summed E-state index contributed by atoms with van der Waals surface area (Å²) in [4.78, 5) is 0. The van der Waals surface area contributed by atoms with E-state index in [1.807, 2.05) is 0 Å². The van der Waals surface area contributed by atoms with E-state index in [2.05, 4.69) is 26.4 Å². The molecule has 2 nitrogen and oxygen atoms in total. The number of hydrogen-bond acceptors (Lipinski definition) is 2. The lowest BCUT2D eigenvalue weighted by Crippen LogP contribution is -2.29. The third-order valence-corrected chi connectivity index (χ3v) is 3.22. The Morgan fingerprint density at radius 1 is 1.30 bits per heavy atom. The van der Waals surface area contributed by atoms with E-state index >= 15 is 0 Å². The standard InChI is InChI=1S/C7H15IN2/c8-10-7-3-1-6(5-9)2-4-7/h6-7,10H,1-5,9H2/t6-,7+. The van der Waals surface area contributed by atoms with Crippen molar-refractivity contribution in [2.24, 2.45) is 11.7 Å². The summed E-state index contributed by atoms with van der Waals surface area (Å²) in [6.45, 7) is 0.883. The molecule has 0 aliphatic heterocycles. The average molecular weight is 254 g/mol. The number of halogens is 1. The molecule has 0 amide bonds. The molecule has 1 aliphatic rings. The van der Waals surface area contributed by atoms with Crippen LogP contribution in [0.5, 0.6) is 0 Å². The van der Waals surface area contributed by atoms with E-state index in [9.17, 15) is 0 Å². The van der Waals surface area contributed by atoms with Gasteiger partial charge in [0.2, 0.25) is 0 Å². The third kappa shape index (κ3) is 2.36. The van der Waals surface area contributed by atoms with E-state index in [1.54, 1.807) is 0 Å². The summed E-state index contributed by atoms with van der Waals surface area (Å²) >= 11 is 2.24. The second kappa shape index (κ2) is 4.51. The van der Waals surface area contributed by atoms with E-state index in [4.69, 9.17) is 5.73 Å². The first-order valence-electron chi connectivity index (χ1n) is 3.93. The van der Waals surface area contributed by atoms with Gasteiger partial charge < -0.3 is 5.73 Å². The van der Waals surface area contributed by atoms with Crippen LogP contribution in [0.1, 0.15) is 25.7 Å². The molecule has 0 unspecified atom stereocenters. The van der Waals surface area contributed by atoms with E-state index < -0.39 is 0 Å². The predicted octanol–water partition coefficient (Wildman–Crippen LogP) is 1.44. The zero-order valence-electron chi connectivity index (χ0n) is 6.15. The van der Waals surface area contributed by atoms with Crippen molar-refractivity contribution in [1.29, 1.82) is 0 Å². The highest BCUT2D eigenvalue weighted by atomic mass is 127. The molecule has 0 aromatic rings. The quantitative estimate of drug-likeness (QED) is 0.578. The lowest BCUT2D eigenvalue weighted by molar-refractivity contribution is 0.326. The van der Waals surface area contributed by atoms with Crippen molar-refractivity contribution in [1.82, 2.24) is 3.53 Å². The van der Waals surface area contributed by atoms with E-state index in [-0.39, 0.29) is 0 Å². The Bertz CT molecular complexity index is 77.6. The van der Waals surface area contributed by atoms with E-state index in [1.165, 1.54) is 25.7 Å². The number of nitrogens with two attached hydrogens (primary N) is 1. The molecule has 0 spiro atoms. The molecule has 10 heavy (non-hydrogen) atoms. The fourth-order valence-electron chi connectivity index (χ4n) is 1.51. The van der Waals surface area contributed by atoms with Gasteiger partial charge in [0.15, 0.2) is 0 Å². The minimum Gasteiger partial charge on any atom is -0.330 e. The summed E-state index contributed by atoms with van der Waals surface area (Å²) in [5, 5.41) is 0. The Balaban J connectivity index is 2.17. The smallest absolute Gasteiger partial charge is 0.0172 e. The molecule has 0 aromatic carbocycles. The Labute approximate surface area is 76.4 Å². The van der Waals surface area contributed by atoms with Crippen LogP contribution in [0.3, 0.4) is 0 Å². The van der Waals surface area contributed by atoms with Gasteiger partial charge in [0, 0.05) is 28.9 Å². The van der Waals surface area contributed by atoms with Gasteiger partial charge in [0.05, 0.1) is 0 Å². The van der Waals surface area contributed by atoms with Crippen LogP contribution in [0, 0.1) is 5.92 Å². The van der Waals surface area contributed by atoms with Crippen molar-refractivity contribution >= 4 is 22.9 Å². The fourth-order valence-corrected chi connectivity index (χ4v) is 2.13. The van der Waals surface area contributed by atoms with Gasteiger partial charge in [-0.3, -0.25) is 3.53 Å². The molecule has 1 fully saturated rings. The Morgan fingerprint density at radius 2 is 1.90 bits per heavy atom. The van der Waals surface area contributed by atoms with Crippen LogP contribution in [0.25, 0.3) is 0 Å². The third-order valence-electron chi connectivity index (χ3n) is 2.33. The topological polar surface area (TPSA) is 38.0 Å². The highest BCUT2D eigenvalue weighted by molar-refractivity contribution is 14.1. The van der Waals surface area contributed by atoms with Crippen LogP contribution in [-0.4, -0.2) is 12.6 Å². The molecular formula is C7H15IN2. The number of rotatable bonds is 2. The van der Waals surface area contributed by atoms with Gasteiger partial charge in [-0.05, 0) is 38.1 Å². The number of nitrogens with one attached hydrogen (secondary N) is 1. The highest BCUT2D eigenvalue weighted by Gasteiger charge is 2.18. The largest absolute Gasteiger partial charge is 0.330 e. The van der Waals surface area contributed by atoms with Crippen LogP contribution in [0.4, 0.5) is 0 Å². The van der Waals surface area contributed by atoms with Gasteiger partial charge in [-0.15, -0.1) is 0 Å². The molecule has 1 aliphatic carbocycles. The van der Waals surface area contributed by atoms with Crippen LogP contribution >= 0.6 is 22.9 Å². The molecule has 3 N–H and O–H groups in total. The summed E-state index contributed by atoms with van der Waals surface area (Å²) in [7, 11) is 0. The van der Waals surface area contributed by atoms with E-state index in [0.29, 0.717) is 0 Å². The minimum atomic E-state index is 0.753. The van der Waals surface area contributed by atoms with Crippen molar-refractivity contribution in [3.63, 3.8) is 0 Å². The Kier molecular flexibility index (Phi) is 3.95. The maximum Gasteiger partial charge on any atom is 0.0172 e. The van der Waals surface area contributed by atoms with Crippen molar-refractivity contribution in [3.8, 4) is 0 Å². The SMILES string of the molecule is NC[C@H]1CC[C@@H](NI)CC1. The van der Waals surface area contributed by atoms with Crippen LogP contribution in [0.15, 0.2) is 0 Å². The molecule has 0 aromatic heterocycles. The predicted molar refractivity (Wildman–Crippen MR) is 52.0 cm³/mol. The molecule has 0 saturated heterocycles. The molecule has 0 bridgehead atoms. The minimum absolute atomic E-state index is 0.753.